The van der Waals surface area contributed by atoms with Crippen LogP contribution in [0.15, 0.2) is 182 Å². The molecule has 0 fully saturated rings. The van der Waals surface area contributed by atoms with Gasteiger partial charge in [-0.05, 0) is 60.0 Å². The fourth-order valence-electron chi connectivity index (χ4n) is 7.37. The molecule has 7 aromatic carbocycles. The molecule has 224 valence electrons. The van der Waals surface area contributed by atoms with Crippen molar-refractivity contribution in [1.82, 2.24) is 0 Å². The number of anilines is 5. The van der Waals surface area contributed by atoms with Crippen LogP contribution in [0.5, 0.6) is 5.75 Å². The number of nitrogens with zero attached hydrogens (tertiary/aromatic N) is 2. The summed E-state index contributed by atoms with van der Waals surface area (Å²) in [4.78, 5) is 4.73. The zero-order chi connectivity index (χ0) is 31.2. The fourth-order valence-corrected chi connectivity index (χ4v) is 7.37. The maximum atomic E-state index is 7.06. The highest BCUT2D eigenvalue weighted by Gasteiger charge is 2.42. The van der Waals surface area contributed by atoms with E-state index in [0.717, 1.165) is 34.2 Å². The molecule has 2 atom stereocenters. The third-order valence-corrected chi connectivity index (χ3v) is 9.36. The third-order valence-electron chi connectivity index (χ3n) is 9.36. The lowest BCUT2D eigenvalue weighted by Crippen LogP contribution is -2.23. The summed E-state index contributed by atoms with van der Waals surface area (Å²) < 4.78 is 7.06. The second-order valence-electron chi connectivity index (χ2n) is 12.1. The largest absolute Gasteiger partial charge is 0.484 e. The maximum absolute atomic E-state index is 7.06. The molecule has 2 aliphatic rings. The molecule has 3 nitrogen and oxygen atoms in total. The number of rotatable bonds is 6. The molecule has 7 aromatic rings. The number of ether oxygens (including phenoxy) is 1. The summed E-state index contributed by atoms with van der Waals surface area (Å²) in [7, 11) is 0. The molecule has 1 aliphatic carbocycles. The topological polar surface area (TPSA) is 15.7 Å². The predicted octanol–water partition coefficient (Wildman–Crippen LogP) is 11.7. The summed E-state index contributed by atoms with van der Waals surface area (Å²) >= 11 is 0. The number of hydrogen-bond donors (Lipinski definition) is 0. The quantitative estimate of drug-likeness (QED) is 0.188. The molecule has 0 radical (unpaired) electrons. The van der Waals surface area contributed by atoms with Crippen molar-refractivity contribution in [3.8, 4) is 5.75 Å². The Kier molecular flexibility index (Phi) is 6.60. The average molecular weight is 605 g/mol. The highest BCUT2D eigenvalue weighted by molar-refractivity contribution is 6.03. The molecule has 0 saturated heterocycles. The van der Waals surface area contributed by atoms with Crippen molar-refractivity contribution < 1.29 is 4.74 Å². The van der Waals surface area contributed by atoms with Crippen LogP contribution in [0, 0.1) is 0 Å². The van der Waals surface area contributed by atoms with Crippen LogP contribution in [-0.2, 0) is 0 Å². The Morgan fingerprint density at radius 1 is 0.447 bits per heavy atom. The molecule has 1 aliphatic heterocycles. The first kappa shape index (κ1) is 27.3. The lowest BCUT2D eigenvalue weighted by atomic mass is 9.80. The van der Waals surface area contributed by atoms with Gasteiger partial charge in [-0.2, -0.15) is 0 Å². The third kappa shape index (κ3) is 4.59. The Bertz CT molecular complexity index is 2150. The van der Waals surface area contributed by atoms with Crippen molar-refractivity contribution in [2.45, 2.75) is 12.0 Å². The minimum absolute atomic E-state index is 0.0330. The first-order chi connectivity index (χ1) is 23.3. The van der Waals surface area contributed by atoms with Crippen LogP contribution in [-0.4, -0.2) is 0 Å². The monoisotopic (exact) mass is 604 g/mol. The normalized spacial score (nSPS) is 16.0. The van der Waals surface area contributed by atoms with Crippen molar-refractivity contribution in [1.29, 1.82) is 0 Å². The first-order valence-electron chi connectivity index (χ1n) is 16.2. The summed E-state index contributed by atoms with van der Waals surface area (Å²) in [5.74, 6) is 0.967. The van der Waals surface area contributed by atoms with Gasteiger partial charge in [0.15, 0.2) is 0 Å². The molecule has 0 saturated carbocycles. The molecule has 3 heteroatoms. The molecule has 0 amide bonds. The summed E-state index contributed by atoms with van der Waals surface area (Å²) in [5.41, 5.74) is 10.4. The summed E-state index contributed by atoms with van der Waals surface area (Å²) in [6.45, 7) is 0. The minimum Gasteiger partial charge on any atom is -0.484 e. The van der Waals surface area contributed by atoms with Crippen LogP contribution >= 0.6 is 0 Å². The van der Waals surface area contributed by atoms with E-state index in [4.69, 9.17) is 4.74 Å². The second kappa shape index (κ2) is 11.4. The van der Waals surface area contributed by atoms with Crippen molar-refractivity contribution in [2.75, 3.05) is 9.80 Å². The molecule has 0 aromatic heterocycles. The van der Waals surface area contributed by atoms with Crippen molar-refractivity contribution in [2.24, 2.45) is 0 Å². The highest BCUT2D eigenvalue weighted by Crippen LogP contribution is 2.57. The minimum atomic E-state index is -0.126. The van der Waals surface area contributed by atoms with Crippen LogP contribution in [0.4, 0.5) is 28.4 Å². The van der Waals surface area contributed by atoms with E-state index in [1.807, 2.05) is 0 Å². The van der Waals surface area contributed by atoms with Gasteiger partial charge in [-0.25, -0.2) is 0 Å². The zero-order valence-corrected chi connectivity index (χ0v) is 25.8. The van der Waals surface area contributed by atoms with E-state index < -0.39 is 0 Å². The summed E-state index contributed by atoms with van der Waals surface area (Å²) in [5, 5.41) is 2.41. The number of fused-ring (bicyclic) bond motifs is 7. The standard InChI is InChI=1S/C44H32N2O/c1-5-17-31(18-6-1)45(32-19-7-2-8-20-32)40-29-39-43-37-27-15-13-25-35(37)41(30-42(43)47-44(39)38-28-16-14-26-36(38)40)46(33-21-9-3-10-22-33)34-23-11-4-12-24-34/h1-30,39,44H. The average Bonchev–Trinajstić information content (AvgIpc) is 3.53. The van der Waals surface area contributed by atoms with Crippen molar-refractivity contribution in [3.05, 3.63) is 199 Å². The maximum Gasteiger partial charge on any atom is 0.135 e. The lowest BCUT2D eigenvalue weighted by molar-refractivity contribution is 0.223. The van der Waals surface area contributed by atoms with Crippen LogP contribution in [0.2, 0.25) is 0 Å². The number of para-hydroxylation sites is 4. The van der Waals surface area contributed by atoms with Crippen LogP contribution in [0.25, 0.3) is 16.5 Å². The molecular formula is C44H32N2O. The highest BCUT2D eigenvalue weighted by atomic mass is 16.5. The Morgan fingerprint density at radius 2 is 0.915 bits per heavy atom. The van der Waals surface area contributed by atoms with Gasteiger partial charge in [-0.3, -0.25) is 0 Å². The van der Waals surface area contributed by atoms with E-state index in [1.54, 1.807) is 0 Å². The molecule has 47 heavy (non-hydrogen) atoms. The first-order valence-corrected chi connectivity index (χ1v) is 16.2. The van der Waals surface area contributed by atoms with Crippen LogP contribution < -0.4 is 14.5 Å². The molecular weight excluding hydrogens is 572 g/mol. The summed E-state index contributed by atoms with van der Waals surface area (Å²) in [6.07, 6.45) is 2.32. The van der Waals surface area contributed by atoms with Gasteiger partial charge in [-0.1, -0.05) is 121 Å². The fraction of sp³-hybridized carbons (Fsp3) is 0.0455. The van der Waals surface area contributed by atoms with E-state index in [1.165, 1.54) is 33.2 Å². The van der Waals surface area contributed by atoms with Gasteiger partial charge < -0.3 is 14.5 Å². The zero-order valence-electron chi connectivity index (χ0n) is 25.8. The summed E-state index contributed by atoms with van der Waals surface area (Å²) in [6, 6.07) is 62.3. The van der Waals surface area contributed by atoms with Gasteiger partial charge >= 0.3 is 0 Å². The molecule has 0 N–H and O–H groups in total. The Balaban J connectivity index is 1.28. The van der Waals surface area contributed by atoms with Crippen LogP contribution in [0.1, 0.15) is 28.7 Å². The Labute approximate surface area is 275 Å². The molecule has 0 spiro atoms. The van der Waals surface area contributed by atoms with Crippen molar-refractivity contribution >= 4 is 44.9 Å². The number of hydrogen-bond acceptors (Lipinski definition) is 3. The Morgan fingerprint density at radius 3 is 1.49 bits per heavy atom. The molecule has 0 bridgehead atoms. The van der Waals surface area contributed by atoms with Gasteiger partial charge in [0.25, 0.3) is 0 Å². The van der Waals surface area contributed by atoms with Gasteiger partial charge in [0.05, 0.1) is 11.4 Å². The second-order valence-corrected chi connectivity index (χ2v) is 12.1. The van der Waals surface area contributed by atoms with E-state index >= 15 is 0 Å². The van der Waals surface area contributed by atoms with E-state index in [-0.39, 0.29) is 12.0 Å². The van der Waals surface area contributed by atoms with Gasteiger partial charge in [0.1, 0.15) is 11.9 Å². The lowest BCUT2D eigenvalue weighted by Gasteiger charge is -2.34. The van der Waals surface area contributed by atoms with Crippen molar-refractivity contribution in [3.63, 3.8) is 0 Å². The van der Waals surface area contributed by atoms with Gasteiger partial charge in [0, 0.05) is 56.8 Å². The predicted molar refractivity (Wildman–Crippen MR) is 194 cm³/mol. The van der Waals surface area contributed by atoms with E-state index in [2.05, 4.69) is 192 Å². The van der Waals surface area contributed by atoms with Gasteiger partial charge in [-0.15, -0.1) is 0 Å². The molecule has 2 unspecified atom stereocenters. The number of benzene rings is 7. The van der Waals surface area contributed by atoms with Gasteiger partial charge in [0.2, 0.25) is 0 Å². The SMILES string of the molecule is C1=C(N(c2ccccc2)c2ccccc2)c2ccccc2C2Oc3cc(N(c4ccccc4)c4ccccc4)c4ccccc4c3C12. The van der Waals surface area contributed by atoms with E-state index in [0.29, 0.717) is 0 Å². The van der Waals surface area contributed by atoms with E-state index in [9.17, 15) is 0 Å². The van der Waals surface area contributed by atoms with Crippen LogP contribution in [0.3, 0.4) is 0 Å². The molecule has 1 heterocycles. The Hall–Kier alpha value is -6.06. The molecule has 9 rings (SSSR count). The smallest absolute Gasteiger partial charge is 0.135 e.